The van der Waals surface area contributed by atoms with Gasteiger partial charge in [0.25, 0.3) is 0 Å². The first-order chi connectivity index (χ1) is 13.1. The molecule has 2 aliphatic heterocycles. The number of amides is 4. The summed E-state index contributed by atoms with van der Waals surface area (Å²) in [6.07, 6.45) is 1.12. The average Bonchev–Trinajstić information content (AvgIpc) is 3.21. The number of ether oxygens (including phenoxy) is 1. The van der Waals surface area contributed by atoms with Crippen LogP contribution in [0.5, 0.6) is 0 Å². The maximum atomic E-state index is 12.7. The van der Waals surface area contributed by atoms with Crippen molar-refractivity contribution in [2.24, 2.45) is 5.73 Å². The Morgan fingerprint density at radius 1 is 1.21 bits per heavy atom. The van der Waals surface area contributed by atoms with Crippen LogP contribution in [0.1, 0.15) is 40.0 Å². The number of hydrogen-bond donors (Lipinski definition) is 3. The van der Waals surface area contributed by atoms with E-state index in [2.05, 4.69) is 10.6 Å². The summed E-state index contributed by atoms with van der Waals surface area (Å²) in [5, 5.41) is 5.35. The summed E-state index contributed by atoms with van der Waals surface area (Å²) < 4.78 is 5.36. The average molecular weight is 397 g/mol. The molecule has 2 atom stereocenters. The van der Waals surface area contributed by atoms with E-state index in [0.717, 1.165) is 0 Å². The van der Waals surface area contributed by atoms with Gasteiger partial charge in [-0.1, -0.05) is 0 Å². The fraction of sp³-hybridized carbons (Fsp3) is 0.778. The third kappa shape index (κ3) is 5.82. The van der Waals surface area contributed by atoms with E-state index >= 15 is 0 Å². The van der Waals surface area contributed by atoms with Crippen LogP contribution in [0.15, 0.2) is 0 Å². The highest BCUT2D eigenvalue weighted by atomic mass is 16.6. The first-order valence-corrected chi connectivity index (χ1v) is 9.68. The lowest BCUT2D eigenvalue weighted by Gasteiger charge is -2.28. The van der Waals surface area contributed by atoms with Gasteiger partial charge in [0.1, 0.15) is 17.7 Å². The highest BCUT2D eigenvalue weighted by Crippen LogP contribution is 2.22. The molecule has 2 aliphatic rings. The summed E-state index contributed by atoms with van der Waals surface area (Å²) >= 11 is 0. The van der Waals surface area contributed by atoms with Crippen LogP contribution in [-0.2, 0) is 19.1 Å². The molecule has 0 saturated carbocycles. The zero-order valence-electron chi connectivity index (χ0n) is 16.8. The topological polar surface area (TPSA) is 134 Å². The second kappa shape index (κ2) is 9.22. The SMILES string of the molecule is CC(C)(C)OC(=O)N1CCC[C@H]1C(=O)N[C@@H]1CCN(CC(=O)NCCN)C1=O. The largest absolute Gasteiger partial charge is 0.444 e. The van der Waals surface area contributed by atoms with Gasteiger partial charge in [0.2, 0.25) is 17.7 Å². The lowest BCUT2D eigenvalue weighted by Crippen LogP contribution is -2.52. The van der Waals surface area contributed by atoms with Gasteiger partial charge in [0.15, 0.2) is 0 Å². The molecule has 4 N–H and O–H groups in total. The monoisotopic (exact) mass is 397 g/mol. The van der Waals surface area contributed by atoms with Crippen LogP contribution in [0.4, 0.5) is 4.79 Å². The Kier molecular flexibility index (Phi) is 7.22. The lowest BCUT2D eigenvalue weighted by molar-refractivity contribution is -0.136. The summed E-state index contributed by atoms with van der Waals surface area (Å²) in [5.41, 5.74) is 4.69. The summed E-state index contributed by atoms with van der Waals surface area (Å²) in [6, 6.07) is -1.33. The molecule has 0 radical (unpaired) electrons. The lowest BCUT2D eigenvalue weighted by atomic mass is 10.1. The number of hydrogen-bond acceptors (Lipinski definition) is 6. The first-order valence-electron chi connectivity index (χ1n) is 9.68. The van der Waals surface area contributed by atoms with Gasteiger partial charge in [0.05, 0.1) is 6.54 Å². The van der Waals surface area contributed by atoms with Crippen LogP contribution >= 0.6 is 0 Å². The molecule has 2 fully saturated rings. The zero-order valence-corrected chi connectivity index (χ0v) is 16.8. The van der Waals surface area contributed by atoms with E-state index in [1.54, 1.807) is 20.8 Å². The van der Waals surface area contributed by atoms with Crippen molar-refractivity contribution in [3.8, 4) is 0 Å². The summed E-state index contributed by atoms with van der Waals surface area (Å²) in [6.45, 7) is 6.76. The van der Waals surface area contributed by atoms with E-state index in [0.29, 0.717) is 45.4 Å². The Morgan fingerprint density at radius 2 is 1.93 bits per heavy atom. The number of nitrogens with two attached hydrogens (primary N) is 1. The predicted octanol–water partition coefficient (Wildman–Crippen LogP) is -0.822. The van der Waals surface area contributed by atoms with E-state index in [1.165, 1.54) is 9.80 Å². The van der Waals surface area contributed by atoms with E-state index in [4.69, 9.17) is 10.5 Å². The number of nitrogens with one attached hydrogen (secondary N) is 2. The molecule has 2 heterocycles. The molecule has 2 saturated heterocycles. The van der Waals surface area contributed by atoms with E-state index in [1.807, 2.05) is 0 Å². The maximum absolute atomic E-state index is 12.7. The third-order valence-electron chi connectivity index (χ3n) is 4.60. The van der Waals surface area contributed by atoms with Crippen molar-refractivity contribution in [2.45, 2.75) is 57.7 Å². The van der Waals surface area contributed by atoms with Crippen molar-refractivity contribution < 1.29 is 23.9 Å². The van der Waals surface area contributed by atoms with E-state index in [-0.39, 0.29) is 24.3 Å². The molecule has 0 aromatic heterocycles. The van der Waals surface area contributed by atoms with Crippen LogP contribution < -0.4 is 16.4 Å². The van der Waals surface area contributed by atoms with Crippen LogP contribution in [0, 0.1) is 0 Å². The van der Waals surface area contributed by atoms with E-state index < -0.39 is 23.8 Å². The molecule has 158 valence electrons. The first kappa shape index (κ1) is 21.9. The number of rotatable bonds is 6. The molecule has 0 aromatic rings. The maximum Gasteiger partial charge on any atom is 0.410 e. The molecule has 0 aliphatic carbocycles. The third-order valence-corrected chi connectivity index (χ3v) is 4.60. The summed E-state index contributed by atoms with van der Waals surface area (Å²) in [4.78, 5) is 52.1. The Labute approximate surface area is 165 Å². The fourth-order valence-electron chi connectivity index (χ4n) is 3.32. The van der Waals surface area contributed by atoms with Gasteiger partial charge in [-0.15, -0.1) is 0 Å². The van der Waals surface area contributed by atoms with Crippen molar-refractivity contribution in [3.63, 3.8) is 0 Å². The Morgan fingerprint density at radius 3 is 2.57 bits per heavy atom. The molecule has 10 heteroatoms. The van der Waals surface area contributed by atoms with Crippen molar-refractivity contribution >= 4 is 23.8 Å². The highest BCUT2D eigenvalue weighted by Gasteiger charge is 2.40. The Bertz CT molecular complexity index is 618. The zero-order chi connectivity index (χ0) is 20.9. The summed E-state index contributed by atoms with van der Waals surface area (Å²) in [7, 11) is 0. The summed E-state index contributed by atoms with van der Waals surface area (Å²) in [5.74, 6) is -0.938. The molecule has 0 unspecified atom stereocenters. The van der Waals surface area contributed by atoms with Crippen molar-refractivity contribution in [2.75, 3.05) is 32.7 Å². The number of carbonyl (C=O) groups excluding carboxylic acids is 4. The normalized spacial score (nSPS) is 22.4. The van der Waals surface area contributed by atoms with Gasteiger partial charge in [-0.05, 0) is 40.0 Å². The van der Waals surface area contributed by atoms with E-state index in [9.17, 15) is 19.2 Å². The molecular weight excluding hydrogens is 366 g/mol. The number of likely N-dealkylation sites (tertiary alicyclic amines) is 2. The highest BCUT2D eigenvalue weighted by molar-refractivity contribution is 5.94. The molecule has 28 heavy (non-hydrogen) atoms. The van der Waals surface area contributed by atoms with Crippen LogP contribution in [0.25, 0.3) is 0 Å². The second-order valence-corrected chi connectivity index (χ2v) is 8.08. The standard InChI is InChI=1S/C18H31N5O5/c1-18(2,3)28-17(27)23-9-4-5-13(23)15(25)21-12-6-10-22(16(12)26)11-14(24)20-8-7-19/h12-13H,4-11,19H2,1-3H3,(H,20,24)(H,21,25)/t12-,13+/m1/s1. The minimum Gasteiger partial charge on any atom is -0.444 e. The van der Waals surface area contributed by atoms with Gasteiger partial charge >= 0.3 is 6.09 Å². The molecule has 0 bridgehead atoms. The Hall–Kier alpha value is -2.36. The minimum atomic E-state index is -0.684. The smallest absolute Gasteiger partial charge is 0.410 e. The quantitative estimate of drug-likeness (QED) is 0.536. The van der Waals surface area contributed by atoms with Gasteiger partial charge < -0.3 is 26.0 Å². The molecule has 0 spiro atoms. The van der Waals surface area contributed by atoms with Crippen molar-refractivity contribution in [3.05, 3.63) is 0 Å². The number of nitrogens with zero attached hydrogens (tertiary/aromatic N) is 2. The molecule has 0 aromatic carbocycles. The Balaban J connectivity index is 1.89. The van der Waals surface area contributed by atoms with Crippen molar-refractivity contribution in [1.82, 2.24) is 20.4 Å². The van der Waals surface area contributed by atoms with Gasteiger partial charge in [-0.3, -0.25) is 19.3 Å². The molecular formula is C18H31N5O5. The molecule has 4 amide bonds. The van der Waals surface area contributed by atoms with Gasteiger partial charge in [0, 0.05) is 26.2 Å². The van der Waals surface area contributed by atoms with Gasteiger partial charge in [-0.25, -0.2) is 4.79 Å². The van der Waals surface area contributed by atoms with Crippen LogP contribution in [0.2, 0.25) is 0 Å². The number of carbonyl (C=O) groups is 4. The predicted molar refractivity (Wildman–Crippen MR) is 101 cm³/mol. The minimum absolute atomic E-state index is 0.0569. The van der Waals surface area contributed by atoms with Crippen LogP contribution in [0.3, 0.4) is 0 Å². The molecule has 10 nitrogen and oxygen atoms in total. The fourth-order valence-corrected chi connectivity index (χ4v) is 3.32. The van der Waals surface area contributed by atoms with Gasteiger partial charge in [-0.2, -0.15) is 0 Å². The molecule has 2 rings (SSSR count). The van der Waals surface area contributed by atoms with Crippen LogP contribution in [-0.4, -0.2) is 84.0 Å². The second-order valence-electron chi connectivity index (χ2n) is 8.08. The van der Waals surface area contributed by atoms with Crippen molar-refractivity contribution in [1.29, 1.82) is 0 Å².